The van der Waals surface area contributed by atoms with E-state index in [0.29, 0.717) is 34.9 Å². The number of aromatic carboxylic acids is 1. The molecule has 0 aliphatic rings. The zero-order valence-electron chi connectivity index (χ0n) is 18.8. The number of tetrazole rings is 1. The summed E-state index contributed by atoms with van der Waals surface area (Å²) >= 11 is 0. The van der Waals surface area contributed by atoms with Gasteiger partial charge in [-0.05, 0) is 53.2 Å². The molecule has 35 heavy (non-hydrogen) atoms. The monoisotopic (exact) mass is 472 g/mol. The molecule has 2 aromatic heterocycles. The first kappa shape index (κ1) is 23.1. The molecule has 2 N–H and O–H groups in total. The molecule has 0 spiro atoms. The highest BCUT2D eigenvalue weighted by Gasteiger charge is 2.13. The number of anilines is 2. The van der Waals surface area contributed by atoms with Crippen molar-refractivity contribution >= 4 is 17.6 Å². The summed E-state index contributed by atoms with van der Waals surface area (Å²) in [6, 6.07) is 11.8. The fourth-order valence-electron chi connectivity index (χ4n) is 3.27. The van der Waals surface area contributed by atoms with Crippen LogP contribution in [0.5, 0.6) is 11.5 Å². The lowest BCUT2D eigenvalue weighted by atomic mass is 10.1. The molecule has 0 bridgehead atoms. The number of carboxylic acid groups (broad SMARTS) is 1. The minimum atomic E-state index is -1.06. The van der Waals surface area contributed by atoms with Gasteiger partial charge in [-0.1, -0.05) is 6.07 Å². The molecule has 0 saturated carbocycles. The van der Waals surface area contributed by atoms with E-state index < -0.39 is 5.97 Å². The quantitative estimate of drug-likeness (QED) is 0.368. The molecule has 1 atom stereocenters. The van der Waals surface area contributed by atoms with Gasteiger partial charge in [0.25, 0.3) is 0 Å². The van der Waals surface area contributed by atoms with Gasteiger partial charge in [-0.15, -0.1) is 5.10 Å². The lowest BCUT2D eigenvalue weighted by Crippen LogP contribution is -2.20. The third kappa shape index (κ3) is 5.48. The van der Waals surface area contributed by atoms with Crippen molar-refractivity contribution < 1.29 is 19.4 Å². The van der Waals surface area contributed by atoms with Gasteiger partial charge < -0.3 is 19.9 Å². The Balaban J connectivity index is 1.53. The van der Waals surface area contributed by atoms with Crippen LogP contribution in [0.2, 0.25) is 0 Å². The van der Waals surface area contributed by atoms with E-state index in [1.807, 2.05) is 6.92 Å². The number of carboxylic acids is 1. The second-order valence-corrected chi connectivity index (χ2v) is 7.42. The molecule has 0 fully saturated rings. The van der Waals surface area contributed by atoms with E-state index in [9.17, 15) is 15.2 Å². The van der Waals surface area contributed by atoms with Gasteiger partial charge in [0.05, 0.1) is 30.5 Å². The maximum absolute atomic E-state index is 11.3. The topological polar surface area (TPSA) is 161 Å². The molecule has 12 nitrogen and oxygen atoms in total. The van der Waals surface area contributed by atoms with Gasteiger partial charge in [0.2, 0.25) is 5.95 Å². The Labute approximate surface area is 199 Å². The highest BCUT2D eigenvalue weighted by atomic mass is 16.5. The Morgan fingerprint density at radius 3 is 2.63 bits per heavy atom. The lowest BCUT2D eigenvalue weighted by molar-refractivity contribution is 0.0697. The van der Waals surface area contributed by atoms with Gasteiger partial charge >= 0.3 is 5.97 Å². The average Bonchev–Trinajstić information content (AvgIpc) is 3.37. The van der Waals surface area contributed by atoms with E-state index >= 15 is 0 Å². The molecule has 2 aromatic carbocycles. The molecule has 4 rings (SSSR count). The predicted octanol–water partition coefficient (Wildman–Crippen LogP) is 2.92. The van der Waals surface area contributed by atoms with Crippen LogP contribution in [-0.4, -0.2) is 54.5 Å². The Kier molecular flexibility index (Phi) is 6.78. The predicted molar refractivity (Wildman–Crippen MR) is 123 cm³/mol. The van der Waals surface area contributed by atoms with Crippen molar-refractivity contribution in [3.05, 3.63) is 66.2 Å². The van der Waals surface area contributed by atoms with E-state index in [2.05, 4.69) is 36.9 Å². The Morgan fingerprint density at radius 1 is 1.17 bits per heavy atom. The summed E-state index contributed by atoms with van der Waals surface area (Å²) in [5.74, 6) is 0.0724. The van der Waals surface area contributed by atoms with Gasteiger partial charge in [-0.25, -0.2) is 19.4 Å². The molecular formula is C23H20N8O4. The van der Waals surface area contributed by atoms with Crippen LogP contribution in [0.15, 0.2) is 55.1 Å². The van der Waals surface area contributed by atoms with E-state index in [1.165, 1.54) is 25.6 Å². The van der Waals surface area contributed by atoms with Gasteiger partial charge in [0, 0.05) is 18.0 Å². The summed E-state index contributed by atoms with van der Waals surface area (Å²) < 4.78 is 12.8. The van der Waals surface area contributed by atoms with Gasteiger partial charge in [-0.3, -0.25) is 0 Å². The van der Waals surface area contributed by atoms with Gasteiger partial charge in [0.15, 0.2) is 0 Å². The van der Waals surface area contributed by atoms with Crippen molar-refractivity contribution in [1.29, 1.82) is 5.26 Å². The van der Waals surface area contributed by atoms with E-state index in [0.717, 1.165) is 5.56 Å². The van der Waals surface area contributed by atoms with E-state index in [1.54, 1.807) is 41.3 Å². The molecule has 0 aliphatic heterocycles. The molecular weight excluding hydrogens is 452 g/mol. The maximum atomic E-state index is 11.3. The largest absolute Gasteiger partial charge is 0.495 e. The number of hydrogen-bond acceptors (Lipinski definition) is 10. The van der Waals surface area contributed by atoms with Crippen molar-refractivity contribution in [3.63, 3.8) is 0 Å². The molecule has 0 unspecified atom stereocenters. The fourth-order valence-corrected chi connectivity index (χ4v) is 3.27. The molecule has 2 heterocycles. The third-order valence-corrected chi connectivity index (χ3v) is 4.94. The van der Waals surface area contributed by atoms with Gasteiger partial charge in [-0.2, -0.15) is 5.26 Å². The number of nitriles is 1. The smallest absolute Gasteiger partial charge is 0.335 e. The highest BCUT2D eigenvalue weighted by molar-refractivity contribution is 5.90. The molecule has 0 amide bonds. The second kappa shape index (κ2) is 10.3. The Hall–Kier alpha value is -5.05. The summed E-state index contributed by atoms with van der Waals surface area (Å²) in [6.45, 7) is 2.27. The zero-order chi connectivity index (χ0) is 24.8. The van der Waals surface area contributed by atoms with Crippen molar-refractivity contribution in [3.8, 4) is 28.7 Å². The van der Waals surface area contributed by atoms with Crippen LogP contribution in [0.3, 0.4) is 0 Å². The van der Waals surface area contributed by atoms with Crippen LogP contribution >= 0.6 is 0 Å². The fraction of sp³-hybridized carbons (Fsp3) is 0.174. The van der Waals surface area contributed by atoms with Crippen LogP contribution in [0.1, 0.15) is 22.8 Å². The number of nitrogens with zero attached hydrogens (tertiary/aromatic N) is 7. The van der Waals surface area contributed by atoms with Crippen LogP contribution in [0.25, 0.3) is 11.1 Å². The number of carbonyl (C=O) groups is 1. The number of aromatic nitrogens is 6. The first-order chi connectivity index (χ1) is 17.0. The normalized spacial score (nSPS) is 11.3. The number of ether oxygens (including phenoxy) is 2. The number of nitrogens with one attached hydrogen (secondary N) is 1. The SMILES string of the molecule is COc1ccc(C(=O)O)cc1Nc1ncc(-c2ccc(C#N)c(O[C@@H](C)Cn3cnnn3)c2)cn1. The van der Waals surface area contributed by atoms with Crippen LogP contribution in [0, 0.1) is 11.3 Å². The van der Waals surface area contributed by atoms with Crippen molar-refractivity contribution in [1.82, 2.24) is 30.2 Å². The molecule has 0 aliphatic carbocycles. The maximum Gasteiger partial charge on any atom is 0.335 e. The third-order valence-electron chi connectivity index (χ3n) is 4.94. The molecule has 0 radical (unpaired) electrons. The number of methoxy groups -OCH3 is 1. The Bertz CT molecular complexity index is 1370. The highest BCUT2D eigenvalue weighted by Crippen LogP contribution is 2.30. The van der Waals surface area contributed by atoms with Gasteiger partial charge in [0.1, 0.15) is 30.0 Å². The first-order valence-electron chi connectivity index (χ1n) is 10.4. The van der Waals surface area contributed by atoms with Crippen molar-refractivity contribution in [2.45, 2.75) is 19.6 Å². The lowest BCUT2D eigenvalue weighted by Gasteiger charge is -2.16. The Morgan fingerprint density at radius 2 is 1.97 bits per heavy atom. The molecule has 0 saturated heterocycles. The molecule has 176 valence electrons. The molecule has 12 heteroatoms. The standard InChI is InChI=1S/C23H20N8O4/c1-14(12-31-13-27-29-30-31)35-21-8-15(3-4-17(21)9-24)18-10-25-23(26-11-18)28-19-7-16(22(32)33)5-6-20(19)34-2/h3-8,10-11,13-14H,12H2,1-2H3,(H,32,33)(H,25,26,28)/t14-/m0/s1. The van der Waals surface area contributed by atoms with E-state index in [-0.39, 0.29) is 17.6 Å². The number of hydrogen-bond donors (Lipinski definition) is 2. The van der Waals surface area contributed by atoms with Crippen molar-refractivity contribution in [2.24, 2.45) is 0 Å². The van der Waals surface area contributed by atoms with E-state index in [4.69, 9.17) is 9.47 Å². The average molecular weight is 472 g/mol. The summed E-state index contributed by atoms with van der Waals surface area (Å²) in [5.41, 5.74) is 2.37. The summed E-state index contributed by atoms with van der Waals surface area (Å²) in [7, 11) is 1.49. The summed E-state index contributed by atoms with van der Waals surface area (Å²) in [5, 5.41) is 32.7. The second-order valence-electron chi connectivity index (χ2n) is 7.42. The summed E-state index contributed by atoms with van der Waals surface area (Å²) in [6.07, 6.45) is 4.42. The van der Waals surface area contributed by atoms with Crippen molar-refractivity contribution in [2.75, 3.05) is 12.4 Å². The van der Waals surface area contributed by atoms with Crippen LogP contribution in [0.4, 0.5) is 11.6 Å². The van der Waals surface area contributed by atoms with Crippen LogP contribution < -0.4 is 14.8 Å². The van der Waals surface area contributed by atoms with Crippen LogP contribution in [-0.2, 0) is 6.54 Å². The minimum absolute atomic E-state index is 0.101. The number of benzene rings is 2. The zero-order valence-corrected chi connectivity index (χ0v) is 18.8. The first-order valence-corrected chi connectivity index (χ1v) is 10.4. The number of rotatable bonds is 9. The summed E-state index contributed by atoms with van der Waals surface area (Å²) in [4.78, 5) is 19.9. The molecule has 4 aromatic rings. The minimum Gasteiger partial charge on any atom is -0.495 e.